The lowest BCUT2D eigenvalue weighted by Crippen LogP contribution is -2.54. The van der Waals surface area contributed by atoms with Gasteiger partial charge in [-0.1, -0.05) is 0 Å². The number of H-pyrrole nitrogens is 1. The van der Waals surface area contributed by atoms with Gasteiger partial charge in [-0.05, 0) is 6.92 Å². The molecule has 1 aromatic heterocycles. The number of piperazine rings is 1. The van der Waals surface area contributed by atoms with Crippen molar-refractivity contribution >= 4 is 11.6 Å². The number of nitrogens with one attached hydrogen (secondary N) is 3. The monoisotopic (exact) mass is 385 g/mol. The highest BCUT2D eigenvalue weighted by Crippen LogP contribution is 2.55. The third-order valence-corrected chi connectivity index (χ3v) is 6.47. The number of hydrogen-bond acceptors (Lipinski definition) is 8. The van der Waals surface area contributed by atoms with E-state index < -0.39 is 11.6 Å². The zero-order chi connectivity index (χ0) is 19.6. The Bertz CT molecular complexity index is 921. The van der Waals surface area contributed by atoms with Crippen molar-refractivity contribution < 1.29 is 19.4 Å². The highest BCUT2D eigenvalue weighted by Gasteiger charge is 2.72. The molecule has 0 saturated carbocycles. The number of aromatic amines is 1. The lowest BCUT2D eigenvalue weighted by molar-refractivity contribution is -0.137. The minimum atomic E-state index is -0.874. The quantitative estimate of drug-likeness (QED) is 0.357. The number of allylic oxidation sites excluding steroid dienone is 2. The van der Waals surface area contributed by atoms with Crippen molar-refractivity contribution in [1.29, 1.82) is 0 Å². The third-order valence-electron chi connectivity index (χ3n) is 6.47. The van der Waals surface area contributed by atoms with E-state index in [1.54, 1.807) is 26.6 Å². The van der Waals surface area contributed by atoms with Crippen LogP contribution in [-0.4, -0.2) is 76.2 Å². The van der Waals surface area contributed by atoms with E-state index in [1.165, 1.54) is 0 Å². The number of aliphatic hydroxyl groups is 1. The average molecular weight is 385 g/mol. The molecule has 0 aromatic carbocycles. The van der Waals surface area contributed by atoms with Gasteiger partial charge in [0.1, 0.15) is 0 Å². The highest BCUT2D eigenvalue weighted by molar-refractivity contribution is 6.25. The largest absolute Gasteiger partial charge is 0.396 e. The summed E-state index contributed by atoms with van der Waals surface area (Å²) >= 11 is 0. The van der Waals surface area contributed by atoms with E-state index in [2.05, 4.69) is 20.6 Å². The first kappa shape index (κ1) is 17.6. The fourth-order valence-electron chi connectivity index (χ4n) is 5.10. The molecule has 148 valence electrons. The molecular formula is C19H23N5O4. The van der Waals surface area contributed by atoms with Gasteiger partial charge in [-0.15, -0.1) is 0 Å². The topological polar surface area (TPSA) is 129 Å². The van der Waals surface area contributed by atoms with E-state index in [4.69, 9.17) is 4.74 Å². The molecule has 3 aliphatic heterocycles. The number of methoxy groups -OCH3 is 1. The van der Waals surface area contributed by atoms with Gasteiger partial charge in [-0.3, -0.25) is 9.59 Å². The van der Waals surface area contributed by atoms with Gasteiger partial charge in [0.05, 0.1) is 36.3 Å². The van der Waals surface area contributed by atoms with Gasteiger partial charge < -0.3 is 30.4 Å². The smallest absolute Gasteiger partial charge is 0.208 e. The van der Waals surface area contributed by atoms with Gasteiger partial charge in [0.15, 0.2) is 5.72 Å². The van der Waals surface area contributed by atoms with E-state index in [1.807, 2.05) is 4.90 Å². The van der Waals surface area contributed by atoms with Gasteiger partial charge >= 0.3 is 0 Å². The minimum absolute atomic E-state index is 0.0120. The number of fused-ring (bicyclic) bond motifs is 4. The van der Waals surface area contributed by atoms with E-state index >= 15 is 0 Å². The molecule has 2 saturated heterocycles. The van der Waals surface area contributed by atoms with Gasteiger partial charge in [-0.2, -0.15) is 0 Å². The summed E-state index contributed by atoms with van der Waals surface area (Å²) in [6.45, 7) is 2.51. The Morgan fingerprint density at radius 1 is 1.43 bits per heavy atom. The van der Waals surface area contributed by atoms with Crippen molar-refractivity contribution in [2.45, 2.75) is 31.2 Å². The molecule has 0 bridgehead atoms. The lowest BCUT2D eigenvalue weighted by Gasteiger charge is -2.39. The maximum atomic E-state index is 13.4. The summed E-state index contributed by atoms with van der Waals surface area (Å²) in [6.07, 6.45) is 3.98. The third kappa shape index (κ3) is 2.09. The highest BCUT2D eigenvalue weighted by atomic mass is 16.5. The summed E-state index contributed by atoms with van der Waals surface area (Å²) in [5.41, 5.74) is 1.56. The minimum Gasteiger partial charge on any atom is -0.396 e. The molecule has 4 unspecified atom stereocenters. The standard InChI is InChI=1S/C19H23N5O4/c1-9-14(21-4-3-10-5-20-8-22-10)17(27)13-11(7-25)19(28-2)18-12(23-18)6-24(19)15(13)16(9)26/h5,8,11-12,18,21,23,25H,3-4,6-7H2,1-2H3,(H,20,22). The molecule has 4 atom stereocenters. The van der Waals surface area contributed by atoms with Crippen LogP contribution in [0.1, 0.15) is 12.6 Å². The maximum absolute atomic E-state index is 13.4. The SMILES string of the molecule is COC12C(CO)C3=C(C(=O)C(C)=C(NCCc4cnc[nH]4)C3=O)N1CC1NC12. The molecule has 9 heteroatoms. The lowest BCUT2D eigenvalue weighted by atomic mass is 9.82. The Morgan fingerprint density at radius 3 is 2.93 bits per heavy atom. The van der Waals surface area contributed by atoms with Gasteiger partial charge in [0.2, 0.25) is 11.6 Å². The number of carbonyl (C=O) groups is 2. The molecule has 4 heterocycles. The molecule has 4 N–H and O–H groups in total. The van der Waals surface area contributed by atoms with Crippen LogP contribution in [0.15, 0.2) is 35.1 Å². The van der Waals surface area contributed by atoms with Crippen molar-refractivity contribution in [2.75, 3.05) is 26.8 Å². The summed E-state index contributed by atoms with van der Waals surface area (Å²) < 4.78 is 5.88. The van der Waals surface area contributed by atoms with Crippen molar-refractivity contribution in [3.8, 4) is 0 Å². The van der Waals surface area contributed by atoms with Crippen molar-refractivity contribution in [3.05, 3.63) is 40.8 Å². The summed E-state index contributed by atoms with van der Waals surface area (Å²) in [5.74, 6) is -0.956. The van der Waals surface area contributed by atoms with Crippen LogP contribution in [0.5, 0.6) is 0 Å². The van der Waals surface area contributed by atoms with Crippen LogP contribution in [-0.2, 0) is 20.7 Å². The number of Topliss-reactive ketones (excluding diaryl/α,β-unsaturated/α-hetero) is 2. The molecular weight excluding hydrogens is 362 g/mol. The Hall–Kier alpha value is -2.49. The molecule has 0 radical (unpaired) electrons. The van der Waals surface area contributed by atoms with Crippen LogP contribution >= 0.6 is 0 Å². The molecule has 0 amide bonds. The molecule has 1 aromatic rings. The number of aliphatic hydroxyl groups excluding tert-OH is 1. The summed E-state index contributed by atoms with van der Waals surface area (Å²) in [5, 5.41) is 16.6. The fraction of sp³-hybridized carbons (Fsp3) is 0.526. The second-order valence-electron chi connectivity index (χ2n) is 7.73. The zero-order valence-electron chi connectivity index (χ0n) is 15.8. The fourth-order valence-corrected chi connectivity index (χ4v) is 5.10. The van der Waals surface area contributed by atoms with Crippen LogP contribution in [0.3, 0.4) is 0 Å². The number of rotatable bonds is 6. The number of nitrogens with zero attached hydrogens (tertiary/aromatic N) is 2. The van der Waals surface area contributed by atoms with E-state index in [9.17, 15) is 14.7 Å². The van der Waals surface area contributed by atoms with E-state index in [0.717, 1.165) is 5.69 Å². The van der Waals surface area contributed by atoms with Crippen molar-refractivity contribution in [3.63, 3.8) is 0 Å². The Balaban J connectivity index is 1.46. The second kappa shape index (κ2) is 6.00. The average Bonchev–Trinajstić information content (AvgIpc) is 3.06. The second-order valence-corrected chi connectivity index (χ2v) is 7.73. The first-order chi connectivity index (χ1) is 13.5. The first-order valence-corrected chi connectivity index (χ1v) is 9.49. The predicted octanol–water partition coefficient (Wildman–Crippen LogP) is -1.16. The van der Waals surface area contributed by atoms with E-state index in [-0.39, 0.29) is 30.3 Å². The molecule has 0 spiro atoms. The number of ketones is 2. The molecule has 5 rings (SSSR count). The van der Waals surface area contributed by atoms with Gasteiger partial charge in [0.25, 0.3) is 0 Å². The molecule has 4 aliphatic rings. The summed E-state index contributed by atoms with van der Waals surface area (Å²) in [4.78, 5) is 35.5. The van der Waals surface area contributed by atoms with Crippen LogP contribution < -0.4 is 10.6 Å². The molecule has 9 nitrogen and oxygen atoms in total. The zero-order valence-corrected chi connectivity index (χ0v) is 15.8. The number of carbonyl (C=O) groups excluding carboxylic acids is 2. The summed E-state index contributed by atoms with van der Waals surface area (Å²) in [6, 6.07) is 0.238. The van der Waals surface area contributed by atoms with E-state index in [0.29, 0.717) is 42.1 Å². The van der Waals surface area contributed by atoms with Crippen LogP contribution in [0.2, 0.25) is 0 Å². The first-order valence-electron chi connectivity index (χ1n) is 9.49. The van der Waals surface area contributed by atoms with Crippen LogP contribution in [0.25, 0.3) is 0 Å². The van der Waals surface area contributed by atoms with Gasteiger partial charge in [-0.25, -0.2) is 4.98 Å². The summed E-state index contributed by atoms with van der Waals surface area (Å²) in [7, 11) is 1.58. The molecule has 2 fully saturated rings. The number of ether oxygens (including phenoxy) is 1. The molecule has 28 heavy (non-hydrogen) atoms. The predicted molar refractivity (Wildman–Crippen MR) is 97.8 cm³/mol. The Morgan fingerprint density at radius 2 is 2.25 bits per heavy atom. The number of aromatic nitrogens is 2. The Kier molecular flexibility index (Phi) is 3.77. The number of imidazole rings is 1. The Labute approximate surface area is 161 Å². The van der Waals surface area contributed by atoms with Crippen molar-refractivity contribution in [1.82, 2.24) is 25.5 Å². The van der Waals surface area contributed by atoms with Crippen LogP contribution in [0, 0.1) is 5.92 Å². The molecule has 1 aliphatic carbocycles. The number of hydrogen-bond donors (Lipinski definition) is 4. The normalized spacial score (nSPS) is 33.4. The maximum Gasteiger partial charge on any atom is 0.208 e. The van der Waals surface area contributed by atoms with Crippen LogP contribution in [0.4, 0.5) is 0 Å². The van der Waals surface area contributed by atoms with Crippen molar-refractivity contribution in [2.24, 2.45) is 5.92 Å². The van der Waals surface area contributed by atoms with Gasteiger partial charge in [0, 0.05) is 55.7 Å².